The lowest BCUT2D eigenvalue weighted by molar-refractivity contribution is -0.124. The van der Waals surface area contributed by atoms with Crippen LogP contribution in [0.15, 0.2) is 48.5 Å². The van der Waals surface area contributed by atoms with Gasteiger partial charge in [-0.05, 0) is 25.0 Å². The fourth-order valence-electron chi connectivity index (χ4n) is 3.34. The quantitative estimate of drug-likeness (QED) is 0.757. The fourth-order valence-corrected chi connectivity index (χ4v) is 3.34. The number of rotatable bonds is 7. The van der Waals surface area contributed by atoms with Gasteiger partial charge in [0.15, 0.2) is 12.4 Å². The highest BCUT2D eigenvalue weighted by Crippen LogP contribution is 2.27. The smallest absolute Gasteiger partial charge is 0.258 e. The molecule has 0 saturated heterocycles. The largest absolute Gasteiger partial charge is 0.497 e. The highest BCUT2D eigenvalue weighted by atomic mass is 16.5. The zero-order valence-corrected chi connectivity index (χ0v) is 15.6. The van der Waals surface area contributed by atoms with E-state index in [1.165, 1.54) is 6.42 Å². The zero-order valence-electron chi connectivity index (χ0n) is 15.6. The number of ketones is 1. The Morgan fingerprint density at radius 1 is 1.04 bits per heavy atom. The van der Waals surface area contributed by atoms with Gasteiger partial charge in [-0.3, -0.25) is 9.59 Å². The number of ether oxygens (including phenoxy) is 2. The summed E-state index contributed by atoms with van der Waals surface area (Å²) in [5.74, 6) is 0.605. The maximum absolute atomic E-state index is 12.8. The first-order chi connectivity index (χ1) is 13.2. The molecule has 0 heterocycles. The Labute approximate surface area is 159 Å². The summed E-state index contributed by atoms with van der Waals surface area (Å²) < 4.78 is 10.9. The Kier molecular flexibility index (Phi) is 6.47. The van der Waals surface area contributed by atoms with E-state index in [2.05, 4.69) is 5.32 Å². The summed E-state index contributed by atoms with van der Waals surface area (Å²) >= 11 is 0. The fraction of sp³-hybridized carbons (Fsp3) is 0.364. The third kappa shape index (κ3) is 5.09. The summed E-state index contributed by atoms with van der Waals surface area (Å²) in [6, 6.07) is 14.3. The molecule has 0 aromatic heterocycles. The Hall–Kier alpha value is -2.82. The molecule has 2 aromatic rings. The molecule has 1 aliphatic rings. The Bertz CT molecular complexity index is 782. The van der Waals surface area contributed by atoms with Crippen molar-refractivity contribution in [3.05, 3.63) is 59.7 Å². The average Bonchev–Trinajstić information content (AvgIpc) is 2.73. The van der Waals surface area contributed by atoms with Crippen LogP contribution in [-0.2, 0) is 4.79 Å². The standard InChI is InChI=1S/C22H25NO4/c1-26-18-12-13-19(22(25)16-8-4-2-5-9-16)20(14-18)27-15-21(24)23-17-10-6-3-7-11-17/h2,4-5,8-9,12-14,17H,3,6-7,10-11,15H2,1H3,(H,23,24). The van der Waals surface area contributed by atoms with Crippen LogP contribution < -0.4 is 14.8 Å². The summed E-state index contributed by atoms with van der Waals surface area (Å²) in [5, 5.41) is 3.02. The number of hydrogen-bond donors (Lipinski definition) is 1. The van der Waals surface area contributed by atoms with E-state index in [0.29, 0.717) is 22.6 Å². The molecule has 0 aliphatic heterocycles. The van der Waals surface area contributed by atoms with E-state index in [1.807, 2.05) is 18.2 Å². The first-order valence-electron chi connectivity index (χ1n) is 9.37. The Balaban J connectivity index is 1.71. The van der Waals surface area contributed by atoms with Crippen molar-refractivity contribution in [1.29, 1.82) is 0 Å². The van der Waals surface area contributed by atoms with E-state index in [-0.39, 0.29) is 24.3 Å². The third-order valence-electron chi connectivity index (χ3n) is 4.80. The predicted molar refractivity (Wildman–Crippen MR) is 103 cm³/mol. The lowest BCUT2D eigenvalue weighted by Crippen LogP contribution is -2.39. The molecule has 0 radical (unpaired) electrons. The van der Waals surface area contributed by atoms with Crippen molar-refractivity contribution in [2.75, 3.05) is 13.7 Å². The minimum atomic E-state index is -0.164. The highest BCUT2D eigenvalue weighted by molar-refractivity contribution is 6.10. The van der Waals surface area contributed by atoms with Gasteiger partial charge in [0, 0.05) is 17.7 Å². The molecule has 27 heavy (non-hydrogen) atoms. The van der Waals surface area contributed by atoms with Crippen molar-refractivity contribution in [1.82, 2.24) is 5.32 Å². The molecule has 5 heteroatoms. The van der Waals surface area contributed by atoms with Gasteiger partial charge in [-0.15, -0.1) is 0 Å². The molecular formula is C22H25NO4. The third-order valence-corrected chi connectivity index (χ3v) is 4.80. The minimum absolute atomic E-state index is 0.126. The summed E-state index contributed by atoms with van der Waals surface area (Å²) in [7, 11) is 1.55. The second kappa shape index (κ2) is 9.21. The molecule has 1 N–H and O–H groups in total. The second-order valence-electron chi connectivity index (χ2n) is 6.75. The van der Waals surface area contributed by atoms with Crippen LogP contribution in [0.2, 0.25) is 0 Å². The predicted octanol–water partition coefficient (Wildman–Crippen LogP) is 3.75. The van der Waals surface area contributed by atoms with Gasteiger partial charge >= 0.3 is 0 Å². The van der Waals surface area contributed by atoms with Gasteiger partial charge in [0.2, 0.25) is 0 Å². The molecule has 1 saturated carbocycles. The van der Waals surface area contributed by atoms with Gasteiger partial charge in [0.25, 0.3) is 5.91 Å². The van der Waals surface area contributed by atoms with Crippen LogP contribution in [0.1, 0.15) is 48.0 Å². The van der Waals surface area contributed by atoms with E-state index in [4.69, 9.17) is 9.47 Å². The van der Waals surface area contributed by atoms with Crippen molar-refractivity contribution >= 4 is 11.7 Å². The minimum Gasteiger partial charge on any atom is -0.497 e. The summed E-state index contributed by atoms with van der Waals surface area (Å²) in [6.45, 7) is -0.126. The summed E-state index contributed by atoms with van der Waals surface area (Å²) in [6.07, 6.45) is 5.57. The topological polar surface area (TPSA) is 64.6 Å². The lowest BCUT2D eigenvalue weighted by Gasteiger charge is -2.22. The van der Waals surface area contributed by atoms with E-state index < -0.39 is 0 Å². The van der Waals surface area contributed by atoms with Crippen LogP contribution in [0, 0.1) is 0 Å². The van der Waals surface area contributed by atoms with E-state index in [1.54, 1.807) is 37.4 Å². The molecule has 142 valence electrons. The van der Waals surface area contributed by atoms with Crippen LogP contribution in [0.5, 0.6) is 11.5 Å². The zero-order chi connectivity index (χ0) is 19.1. The van der Waals surface area contributed by atoms with Crippen LogP contribution in [0.4, 0.5) is 0 Å². The van der Waals surface area contributed by atoms with Crippen molar-refractivity contribution < 1.29 is 19.1 Å². The monoisotopic (exact) mass is 367 g/mol. The van der Waals surface area contributed by atoms with Gasteiger partial charge < -0.3 is 14.8 Å². The normalized spacial score (nSPS) is 14.4. The molecule has 1 fully saturated rings. The van der Waals surface area contributed by atoms with Crippen molar-refractivity contribution in [2.24, 2.45) is 0 Å². The van der Waals surface area contributed by atoms with Crippen LogP contribution >= 0.6 is 0 Å². The molecule has 1 amide bonds. The number of carbonyl (C=O) groups is 2. The molecule has 2 aromatic carbocycles. The van der Waals surface area contributed by atoms with Crippen molar-refractivity contribution in [3.8, 4) is 11.5 Å². The molecular weight excluding hydrogens is 342 g/mol. The number of benzene rings is 2. The molecule has 3 rings (SSSR count). The van der Waals surface area contributed by atoms with E-state index in [9.17, 15) is 9.59 Å². The van der Waals surface area contributed by atoms with Crippen LogP contribution in [-0.4, -0.2) is 31.4 Å². The van der Waals surface area contributed by atoms with Gasteiger partial charge in [0.05, 0.1) is 12.7 Å². The second-order valence-corrected chi connectivity index (χ2v) is 6.75. The molecule has 0 spiro atoms. The SMILES string of the molecule is COc1ccc(C(=O)c2ccccc2)c(OCC(=O)NC2CCCCC2)c1. The summed E-state index contributed by atoms with van der Waals surface area (Å²) in [4.78, 5) is 25.0. The summed E-state index contributed by atoms with van der Waals surface area (Å²) in [5.41, 5.74) is 0.978. The average molecular weight is 367 g/mol. The molecule has 5 nitrogen and oxygen atoms in total. The number of nitrogens with one attached hydrogen (secondary N) is 1. The number of carbonyl (C=O) groups excluding carboxylic acids is 2. The van der Waals surface area contributed by atoms with E-state index in [0.717, 1.165) is 25.7 Å². The lowest BCUT2D eigenvalue weighted by atomic mass is 9.95. The Morgan fingerprint density at radius 2 is 1.78 bits per heavy atom. The maximum Gasteiger partial charge on any atom is 0.258 e. The van der Waals surface area contributed by atoms with Crippen molar-refractivity contribution in [3.63, 3.8) is 0 Å². The van der Waals surface area contributed by atoms with Crippen LogP contribution in [0.3, 0.4) is 0 Å². The first kappa shape index (κ1) is 19.0. The number of hydrogen-bond acceptors (Lipinski definition) is 4. The molecule has 0 bridgehead atoms. The Morgan fingerprint density at radius 3 is 2.48 bits per heavy atom. The molecule has 1 aliphatic carbocycles. The van der Waals surface area contributed by atoms with Gasteiger partial charge in [-0.1, -0.05) is 49.6 Å². The van der Waals surface area contributed by atoms with Gasteiger partial charge in [-0.25, -0.2) is 0 Å². The van der Waals surface area contributed by atoms with Gasteiger partial charge in [-0.2, -0.15) is 0 Å². The molecule has 0 atom stereocenters. The maximum atomic E-state index is 12.8. The van der Waals surface area contributed by atoms with Gasteiger partial charge in [0.1, 0.15) is 11.5 Å². The molecule has 0 unspecified atom stereocenters. The highest BCUT2D eigenvalue weighted by Gasteiger charge is 2.19. The number of methoxy groups -OCH3 is 1. The van der Waals surface area contributed by atoms with E-state index >= 15 is 0 Å². The van der Waals surface area contributed by atoms with Crippen LogP contribution in [0.25, 0.3) is 0 Å². The first-order valence-corrected chi connectivity index (χ1v) is 9.37. The van der Waals surface area contributed by atoms with Crippen molar-refractivity contribution in [2.45, 2.75) is 38.1 Å². The number of amides is 1.